The molecule has 1 aromatic heterocycles. The van der Waals surface area contributed by atoms with Crippen LogP contribution in [0.2, 0.25) is 5.02 Å². The first kappa shape index (κ1) is 23.8. The van der Waals surface area contributed by atoms with Crippen LogP contribution in [0.25, 0.3) is 11.0 Å². The zero-order chi connectivity index (χ0) is 24.4. The third-order valence-corrected chi connectivity index (χ3v) is 7.32. The molecule has 0 aliphatic heterocycles. The molecular formula is C28H28ClN3O2S. The molecule has 0 saturated heterocycles. The van der Waals surface area contributed by atoms with Gasteiger partial charge in [0.25, 0.3) is 0 Å². The summed E-state index contributed by atoms with van der Waals surface area (Å²) >= 11 is 7.98. The molecule has 1 heterocycles. The summed E-state index contributed by atoms with van der Waals surface area (Å²) in [7, 11) is 0. The van der Waals surface area contributed by atoms with Gasteiger partial charge in [0, 0.05) is 22.2 Å². The van der Waals surface area contributed by atoms with Crippen molar-refractivity contribution in [3.8, 4) is 5.75 Å². The second-order valence-corrected chi connectivity index (χ2v) is 10.5. The maximum Gasteiger partial charge on any atom is 0.228 e. The first-order valence-electron chi connectivity index (χ1n) is 12.0. The minimum Gasteiger partial charge on any atom is -0.479 e. The Morgan fingerprint density at radius 2 is 1.83 bits per heavy atom. The maximum absolute atomic E-state index is 12.5. The largest absolute Gasteiger partial charge is 0.479 e. The molecular weight excluding hydrogens is 478 g/mol. The summed E-state index contributed by atoms with van der Waals surface area (Å²) in [6.45, 7) is 5.06. The summed E-state index contributed by atoms with van der Waals surface area (Å²) in [6.07, 6.45) is 2.17. The van der Waals surface area contributed by atoms with Crippen molar-refractivity contribution in [2.75, 3.05) is 11.1 Å². The van der Waals surface area contributed by atoms with E-state index in [-0.39, 0.29) is 5.91 Å². The number of aromatic nitrogens is 2. The number of benzene rings is 3. The summed E-state index contributed by atoms with van der Waals surface area (Å²) in [5.41, 5.74) is 3.29. The molecule has 4 aromatic rings. The van der Waals surface area contributed by atoms with Crippen molar-refractivity contribution < 1.29 is 9.53 Å². The fourth-order valence-electron chi connectivity index (χ4n) is 4.35. The quantitative estimate of drug-likeness (QED) is 0.247. The van der Waals surface area contributed by atoms with E-state index < -0.39 is 5.60 Å². The van der Waals surface area contributed by atoms with E-state index in [2.05, 4.69) is 35.9 Å². The highest BCUT2D eigenvalue weighted by atomic mass is 35.5. The normalized spacial score (nSPS) is 14.1. The molecule has 1 amide bonds. The number of amides is 1. The molecule has 0 atom stereocenters. The van der Waals surface area contributed by atoms with Crippen LogP contribution in [0.15, 0.2) is 71.6 Å². The summed E-state index contributed by atoms with van der Waals surface area (Å²) in [4.78, 5) is 18.6. The van der Waals surface area contributed by atoms with E-state index in [1.165, 1.54) is 4.90 Å². The number of aryl methyl sites for hydroxylation is 1. The molecule has 0 bridgehead atoms. The van der Waals surface area contributed by atoms with Crippen molar-refractivity contribution in [2.45, 2.75) is 50.2 Å². The Kier molecular flexibility index (Phi) is 6.76. The number of thioether (sulfide) groups is 1. The summed E-state index contributed by atoms with van der Waals surface area (Å²) in [5, 5.41) is 3.66. The number of rotatable bonds is 9. The average Bonchev–Trinajstić information content (AvgIpc) is 3.53. The van der Waals surface area contributed by atoms with Gasteiger partial charge < -0.3 is 14.6 Å². The van der Waals surface area contributed by atoms with E-state index in [4.69, 9.17) is 21.3 Å². The number of nitrogens with zero attached hydrogens (tertiary/aromatic N) is 2. The number of carbonyl (C=O) groups is 1. The Labute approximate surface area is 214 Å². The maximum atomic E-state index is 12.5. The van der Waals surface area contributed by atoms with Gasteiger partial charge in [-0.05, 0) is 85.7 Å². The Morgan fingerprint density at radius 1 is 1.09 bits per heavy atom. The molecule has 35 heavy (non-hydrogen) atoms. The van der Waals surface area contributed by atoms with Crippen LogP contribution in [-0.4, -0.2) is 21.2 Å². The van der Waals surface area contributed by atoms with E-state index in [0.717, 1.165) is 59.0 Å². The molecule has 0 unspecified atom stereocenters. The molecule has 1 aliphatic rings. The van der Waals surface area contributed by atoms with Gasteiger partial charge in [-0.15, -0.1) is 11.8 Å². The van der Waals surface area contributed by atoms with Gasteiger partial charge in [-0.3, -0.25) is 4.79 Å². The van der Waals surface area contributed by atoms with Crippen LogP contribution in [0.1, 0.15) is 38.1 Å². The van der Waals surface area contributed by atoms with E-state index >= 15 is 0 Å². The zero-order valence-corrected chi connectivity index (χ0v) is 21.5. The van der Waals surface area contributed by atoms with E-state index in [0.29, 0.717) is 11.4 Å². The van der Waals surface area contributed by atoms with Crippen molar-refractivity contribution in [2.24, 2.45) is 0 Å². The van der Waals surface area contributed by atoms with Crippen molar-refractivity contribution in [1.29, 1.82) is 0 Å². The molecule has 1 N–H and O–H groups in total. The lowest BCUT2D eigenvalue weighted by Gasteiger charge is -2.19. The van der Waals surface area contributed by atoms with Gasteiger partial charge in [0.05, 0.1) is 17.5 Å². The molecule has 1 fully saturated rings. The highest BCUT2D eigenvalue weighted by molar-refractivity contribution is 7.99. The monoisotopic (exact) mass is 505 g/mol. The van der Waals surface area contributed by atoms with E-state index in [1.54, 1.807) is 11.8 Å². The predicted molar refractivity (Wildman–Crippen MR) is 144 cm³/mol. The van der Waals surface area contributed by atoms with Gasteiger partial charge in [-0.2, -0.15) is 0 Å². The summed E-state index contributed by atoms with van der Waals surface area (Å²) in [6, 6.07) is 21.6. The van der Waals surface area contributed by atoms with E-state index in [9.17, 15) is 4.79 Å². The standard InChI is InChI=1S/C28H28ClN3O2S/c1-3-32-25-14-7-20(29)18-24(25)31-27(32)28(15-16-28)34-22-10-8-21(9-11-22)30-26(33)17-19-5-12-23(13-6-19)35-4-2/h5-14,18H,3-4,15-17H2,1-2H3,(H,30,33). The number of anilines is 1. The van der Waals surface area contributed by atoms with Gasteiger partial charge >= 0.3 is 0 Å². The first-order valence-corrected chi connectivity index (χ1v) is 13.3. The lowest BCUT2D eigenvalue weighted by Crippen LogP contribution is -2.21. The minimum absolute atomic E-state index is 0.0384. The van der Waals surface area contributed by atoms with Gasteiger partial charge in [0.2, 0.25) is 5.91 Å². The molecule has 0 spiro atoms. The molecule has 5 rings (SSSR count). The molecule has 5 nitrogen and oxygen atoms in total. The molecule has 1 aliphatic carbocycles. The lowest BCUT2D eigenvalue weighted by atomic mass is 10.1. The van der Waals surface area contributed by atoms with Crippen LogP contribution in [-0.2, 0) is 23.4 Å². The highest BCUT2D eigenvalue weighted by Gasteiger charge is 2.51. The smallest absolute Gasteiger partial charge is 0.228 e. The lowest BCUT2D eigenvalue weighted by molar-refractivity contribution is -0.115. The topological polar surface area (TPSA) is 56.1 Å². The SMILES string of the molecule is CCSc1ccc(CC(=O)Nc2ccc(OC3(c4nc5cc(Cl)ccc5n4CC)CC3)cc2)cc1. The zero-order valence-electron chi connectivity index (χ0n) is 19.9. The molecule has 7 heteroatoms. The number of hydrogen-bond acceptors (Lipinski definition) is 4. The fourth-order valence-corrected chi connectivity index (χ4v) is 5.18. The van der Waals surface area contributed by atoms with Gasteiger partial charge in [0.15, 0.2) is 11.4 Å². The molecule has 1 saturated carbocycles. The number of nitrogens with one attached hydrogen (secondary N) is 1. The number of fused-ring (bicyclic) bond motifs is 1. The van der Waals surface area contributed by atoms with Crippen LogP contribution in [0, 0.1) is 0 Å². The molecule has 0 radical (unpaired) electrons. The summed E-state index contributed by atoms with van der Waals surface area (Å²) < 4.78 is 8.67. The van der Waals surface area contributed by atoms with Crippen LogP contribution in [0.3, 0.4) is 0 Å². The van der Waals surface area contributed by atoms with E-state index in [1.807, 2.05) is 54.6 Å². The average molecular weight is 506 g/mol. The number of imidazole rings is 1. The van der Waals surface area contributed by atoms with Gasteiger partial charge in [-0.25, -0.2) is 4.98 Å². The fraction of sp³-hybridized carbons (Fsp3) is 0.286. The van der Waals surface area contributed by atoms with Crippen LogP contribution in [0.5, 0.6) is 5.75 Å². The molecule has 3 aromatic carbocycles. The third kappa shape index (κ3) is 5.19. The highest BCUT2D eigenvalue weighted by Crippen LogP contribution is 2.49. The third-order valence-electron chi connectivity index (χ3n) is 6.19. The number of halogens is 1. The van der Waals surface area contributed by atoms with Crippen LogP contribution in [0.4, 0.5) is 5.69 Å². The van der Waals surface area contributed by atoms with Crippen molar-refractivity contribution in [1.82, 2.24) is 9.55 Å². The van der Waals surface area contributed by atoms with Crippen LogP contribution >= 0.6 is 23.4 Å². The Morgan fingerprint density at radius 3 is 2.49 bits per heavy atom. The van der Waals surface area contributed by atoms with Gasteiger partial charge in [0.1, 0.15) is 5.75 Å². The Balaban J connectivity index is 1.25. The van der Waals surface area contributed by atoms with Gasteiger partial charge in [-0.1, -0.05) is 30.7 Å². The molecule has 180 valence electrons. The number of carbonyl (C=O) groups excluding carboxylic acids is 1. The number of hydrogen-bond donors (Lipinski definition) is 1. The number of ether oxygens (including phenoxy) is 1. The minimum atomic E-state index is -0.422. The second kappa shape index (κ2) is 9.96. The van der Waals surface area contributed by atoms with Crippen molar-refractivity contribution in [3.63, 3.8) is 0 Å². The Bertz CT molecular complexity index is 1350. The van der Waals surface area contributed by atoms with Crippen molar-refractivity contribution in [3.05, 3.63) is 83.1 Å². The summed E-state index contributed by atoms with van der Waals surface area (Å²) in [5.74, 6) is 2.70. The first-order chi connectivity index (χ1) is 17.0. The predicted octanol–water partition coefficient (Wildman–Crippen LogP) is 7.07. The van der Waals surface area contributed by atoms with Crippen molar-refractivity contribution >= 4 is 46.0 Å². The van der Waals surface area contributed by atoms with Crippen LogP contribution < -0.4 is 10.1 Å². The Hall–Kier alpha value is -2.96. The second-order valence-electron chi connectivity index (χ2n) is 8.74.